The molecule has 0 aliphatic carbocycles. The Labute approximate surface area is 170 Å². The summed E-state index contributed by atoms with van der Waals surface area (Å²) in [6, 6.07) is 6.47. The second kappa shape index (κ2) is 9.38. The molecule has 2 aromatic rings. The first-order valence-corrected chi connectivity index (χ1v) is 9.09. The molecular formula is C18H25IN4OS. The van der Waals surface area contributed by atoms with Crippen molar-refractivity contribution < 1.29 is 4.74 Å². The first-order valence-electron chi connectivity index (χ1n) is 8.27. The van der Waals surface area contributed by atoms with Gasteiger partial charge < -0.3 is 15.4 Å². The average Bonchev–Trinajstić information content (AvgIpc) is 3.17. The van der Waals surface area contributed by atoms with Crippen molar-refractivity contribution in [2.24, 2.45) is 4.99 Å². The van der Waals surface area contributed by atoms with Gasteiger partial charge in [-0.05, 0) is 37.5 Å². The zero-order chi connectivity index (χ0) is 16.9. The summed E-state index contributed by atoms with van der Waals surface area (Å²) in [6.45, 7) is 6.50. The van der Waals surface area contributed by atoms with E-state index in [1.54, 1.807) is 18.4 Å². The number of hydrogen-bond acceptors (Lipinski definition) is 4. The largest absolute Gasteiger partial charge is 0.493 e. The number of nitrogens with zero attached hydrogens (tertiary/aromatic N) is 2. The van der Waals surface area contributed by atoms with Crippen LogP contribution < -0.4 is 15.4 Å². The second-order valence-electron chi connectivity index (χ2n) is 5.89. The normalized spacial score (nSPS) is 13.0. The van der Waals surface area contributed by atoms with E-state index in [1.807, 2.05) is 6.92 Å². The van der Waals surface area contributed by atoms with Crippen LogP contribution in [0.15, 0.2) is 23.2 Å². The van der Waals surface area contributed by atoms with Crippen molar-refractivity contribution in [1.29, 1.82) is 0 Å². The molecule has 1 aliphatic rings. The van der Waals surface area contributed by atoms with Crippen LogP contribution in [0.3, 0.4) is 0 Å². The SMILES string of the molecule is CN=C(NCCc1ccc2c(c1)CCO2)NCc1nc(C)c(C)s1.I. The number of hydrogen-bond donors (Lipinski definition) is 2. The lowest BCUT2D eigenvalue weighted by Crippen LogP contribution is -2.37. The standard InChI is InChI=1S/C18H24N4OS.HI/c1-12-13(2)24-17(22-12)11-21-18(19-3)20-8-6-14-4-5-16-15(10-14)7-9-23-16;/h4-5,10H,6-9,11H2,1-3H3,(H2,19,20,21);1H. The summed E-state index contributed by atoms with van der Waals surface area (Å²) in [5, 5.41) is 7.77. The number of halogens is 1. The predicted octanol–water partition coefficient (Wildman–Crippen LogP) is 3.22. The molecule has 0 saturated carbocycles. The minimum Gasteiger partial charge on any atom is -0.493 e. The molecule has 1 aromatic heterocycles. The molecule has 1 aromatic carbocycles. The van der Waals surface area contributed by atoms with Gasteiger partial charge in [0.15, 0.2) is 5.96 Å². The molecule has 7 heteroatoms. The number of aliphatic imine (C=N–C) groups is 1. The monoisotopic (exact) mass is 472 g/mol. The molecule has 5 nitrogen and oxygen atoms in total. The molecule has 3 rings (SSSR count). The zero-order valence-electron chi connectivity index (χ0n) is 14.9. The summed E-state index contributed by atoms with van der Waals surface area (Å²) in [7, 11) is 1.79. The van der Waals surface area contributed by atoms with Gasteiger partial charge in [-0.2, -0.15) is 0 Å². The molecule has 1 aliphatic heterocycles. The van der Waals surface area contributed by atoms with Crippen LogP contribution in [0.2, 0.25) is 0 Å². The fourth-order valence-electron chi connectivity index (χ4n) is 2.72. The third-order valence-electron chi connectivity index (χ3n) is 4.16. The average molecular weight is 472 g/mol. The van der Waals surface area contributed by atoms with E-state index < -0.39 is 0 Å². The van der Waals surface area contributed by atoms with Crippen molar-refractivity contribution in [2.45, 2.75) is 33.2 Å². The van der Waals surface area contributed by atoms with E-state index in [0.717, 1.165) is 48.4 Å². The number of guanidine groups is 1. The topological polar surface area (TPSA) is 58.5 Å². The molecule has 0 bridgehead atoms. The van der Waals surface area contributed by atoms with Crippen molar-refractivity contribution in [1.82, 2.24) is 15.6 Å². The van der Waals surface area contributed by atoms with Gasteiger partial charge in [0.05, 0.1) is 18.8 Å². The maximum Gasteiger partial charge on any atom is 0.191 e. The van der Waals surface area contributed by atoms with Crippen molar-refractivity contribution in [3.05, 3.63) is 44.9 Å². The Kier molecular flexibility index (Phi) is 7.49. The third kappa shape index (κ3) is 5.31. The number of thiazole rings is 1. The summed E-state index contributed by atoms with van der Waals surface area (Å²) < 4.78 is 5.55. The maximum absolute atomic E-state index is 5.55. The summed E-state index contributed by atoms with van der Waals surface area (Å²) in [6.07, 6.45) is 1.98. The van der Waals surface area contributed by atoms with Gasteiger partial charge in [-0.1, -0.05) is 12.1 Å². The van der Waals surface area contributed by atoms with Crippen LogP contribution in [0, 0.1) is 13.8 Å². The summed E-state index contributed by atoms with van der Waals surface area (Å²) in [5.74, 6) is 1.85. The van der Waals surface area contributed by atoms with E-state index in [1.165, 1.54) is 16.0 Å². The maximum atomic E-state index is 5.55. The van der Waals surface area contributed by atoms with Crippen molar-refractivity contribution in [2.75, 3.05) is 20.2 Å². The molecule has 25 heavy (non-hydrogen) atoms. The van der Waals surface area contributed by atoms with Gasteiger partial charge >= 0.3 is 0 Å². The lowest BCUT2D eigenvalue weighted by atomic mass is 10.1. The Bertz CT molecular complexity index is 725. The van der Waals surface area contributed by atoms with E-state index in [4.69, 9.17) is 4.74 Å². The first kappa shape index (κ1) is 20.0. The lowest BCUT2D eigenvalue weighted by molar-refractivity contribution is 0.357. The van der Waals surface area contributed by atoms with Crippen molar-refractivity contribution in [3.63, 3.8) is 0 Å². The molecule has 0 saturated heterocycles. The van der Waals surface area contributed by atoms with Crippen molar-refractivity contribution in [3.8, 4) is 5.75 Å². The number of nitrogens with one attached hydrogen (secondary N) is 2. The van der Waals surface area contributed by atoms with Gasteiger partial charge in [0, 0.05) is 24.9 Å². The zero-order valence-corrected chi connectivity index (χ0v) is 18.0. The van der Waals surface area contributed by atoms with Gasteiger partial charge in [0.25, 0.3) is 0 Å². The second-order valence-corrected chi connectivity index (χ2v) is 7.18. The van der Waals surface area contributed by atoms with E-state index >= 15 is 0 Å². The van der Waals surface area contributed by atoms with Crippen LogP contribution >= 0.6 is 35.3 Å². The van der Waals surface area contributed by atoms with Crippen LogP contribution in [0.5, 0.6) is 5.75 Å². The number of aryl methyl sites for hydroxylation is 2. The van der Waals surface area contributed by atoms with E-state index in [2.05, 4.69) is 45.7 Å². The highest BCUT2D eigenvalue weighted by atomic mass is 127. The van der Waals surface area contributed by atoms with Crippen LogP contribution in [-0.2, 0) is 19.4 Å². The van der Waals surface area contributed by atoms with Crippen molar-refractivity contribution >= 4 is 41.3 Å². The Balaban J connectivity index is 0.00000225. The Morgan fingerprint density at radius 2 is 2.16 bits per heavy atom. The van der Waals surface area contributed by atoms with Gasteiger partial charge in [0.2, 0.25) is 0 Å². The van der Waals surface area contributed by atoms with E-state index in [9.17, 15) is 0 Å². The predicted molar refractivity (Wildman–Crippen MR) is 115 cm³/mol. The Morgan fingerprint density at radius 3 is 2.88 bits per heavy atom. The van der Waals surface area contributed by atoms with Gasteiger partial charge in [0.1, 0.15) is 10.8 Å². The van der Waals surface area contributed by atoms with E-state index in [-0.39, 0.29) is 24.0 Å². The third-order valence-corrected chi connectivity index (χ3v) is 5.24. The molecule has 0 atom stereocenters. The first-order chi connectivity index (χ1) is 11.7. The van der Waals surface area contributed by atoms with Crippen LogP contribution in [0.1, 0.15) is 26.7 Å². The number of fused-ring (bicyclic) bond motifs is 1. The lowest BCUT2D eigenvalue weighted by Gasteiger charge is -2.11. The number of ether oxygens (including phenoxy) is 1. The fourth-order valence-corrected chi connectivity index (χ4v) is 3.59. The molecule has 136 valence electrons. The minimum atomic E-state index is 0. The van der Waals surface area contributed by atoms with Gasteiger partial charge in [-0.3, -0.25) is 4.99 Å². The quantitative estimate of drug-likeness (QED) is 0.399. The fraction of sp³-hybridized carbons (Fsp3) is 0.444. The Morgan fingerprint density at radius 1 is 1.32 bits per heavy atom. The summed E-state index contributed by atoms with van der Waals surface area (Å²) >= 11 is 1.73. The molecule has 0 radical (unpaired) electrons. The molecule has 2 heterocycles. The molecule has 0 spiro atoms. The summed E-state index contributed by atoms with van der Waals surface area (Å²) in [5.41, 5.74) is 3.76. The molecule has 0 fully saturated rings. The smallest absolute Gasteiger partial charge is 0.191 e. The molecule has 0 unspecified atom stereocenters. The van der Waals surface area contributed by atoms with Gasteiger partial charge in [-0.15, -0.1) is 35.3 Å². The number of rotatable bonds is 5. The van der Waals surface area contributed by atoms with Crippen LogP contribution in [-0.4, -0.2) is 31.1 Å². The molecule has 0 amide bonds. The highest BCUT2D eigenvalue weighted by Gasteiger charge is 2.11. The highest BCUT2D eigenvalue weighted by molar-refractivity contribution is 14.0. The van der Waals surface area contributed by atoms with Crippen LogP contribution in [0.25, 0.3) is 0 Å². The molecule has 2 N–H and O–H groups in total. The highest BCUT2D eigenvalue weighted by Crippen LogP contribution is 2.25. The Hall–Kier alpha value is -1.35. The van der Waals surface area contributed by atoms with E-state index in [0.29, 0.717) is 6.54 Å². The summed E-state index contributed by atoms with van der Waals surface area (Å²) in [4.78, 5) is 10.1. The van der Waals surface area contributed by atoms with Crippen LogP contribution in [0.4, 0.5) is 0 Å². The van der Waals surface area contributed by atoms with Gasteiger partial charge in [-0.25, -0.2) is 4.98 Å². The number of benzene rings is 1. The minimum absolute atomic E-state index is 0. The number of aromatic nitrogens is 1. The molecular weight excluding hydrogens is 447 g/mol.